The molecule has 0 aliphatic carbocycles. The molecule has 1 atom stereocenters. The lowest BCUT2D eigenvalue weighted by Crippen LogP contribution is -2.19. The van der Waals surface area contributed by atoms with Crippen molar-refractivity contribution in [2.45, 2.75) is 33.3 Å². The van der Waals surface area contributed by atoms with Crippen LogP contribution in [0.15, 0.2) is 34.2 Å². The highest BCUT2D eigenvalue weighted by atomic mass is 16.5. The van der Waals surface area contributed by atoms with E-state index in [0.29, 0.717) is 12.4 Å². The molecule has 0 spiro atoms. The highest BCUT2D eigenvalue weighted by Gasteiger charge is 2.21. The van der Waals surface area contributed by atoms with Crippen molar-refractivity contribution in [2.75, 3.05) is 12.3 Å². The lowest BCUT2D eigenvalue weighted by atomic mass is 10.1. The molecular formula is C18H21N3O3. The molecule has 6 nitrogen and oxygen atoms in total. The Bertz CT molecular complexity index is 855. The van der Waals surface area contributed by atoms with Gasteiger partial charge in [0.2, 0.25) is 0 Å². The van der Waals surface area contributed by atoms with Gasteiger partial charge in [0, 0.05) is 23.6 Å². The van der Waals surface area contributed by atoms with Crippen LogP contribution in [0.4, 0.5) is 5.82 Å². The highest BCUT2D eigenvalue weighted by Crippen LogP contribution is 2.34. The number of aromatic nitrogens is 1. The van der Waals surface area contributed by atoms with E-state index in [-0.39, 0.29) is 11.7 Å². The second-order valence-corrected chi connectivity index (χ2v) is 5.92. The third-order valence-electron chi connectivity index (χ3n) is 3.82. The van der Waals surface area contributed by atoms with E-state index in [2.05, 4.69) is 5.10 Å². The molecule has 2 aromatic rings. The highest BCUT2D eigenvalue weighted by molar-refractivity contribution is 5.85. The smallest absolute Gasteiger partial charge is 0.273 e. The number of pyridine rings is 1. The molecule has 3 rings (SSSR count). The van der Waals surface area contributed by atoms with Crippen molar-refractivity contribution < 1.29 is 9.47 Å². The topological polar surface area (TPSA) is 78.8 Å². The van der Waals surface area contributed by atoms with Gasteiger partial charge in [-0.3, -0.25) is 4.79 Å². The van der Waals surface area contributed by atoms with Crippen LogP contribution in [0.3, 0.4) is 0 Å². The zero-order chi connectivity index (χ0) is 17.3. The summed E-state index contributed by atoms with van der Waals surface area (Å²) >= 11 is 0. The van der Waals surface area contributed by atoms with Gasteiger partial charge in [0.15, 0.2) is 0 Å². The number of nitrogens with zero attached hydrogens (tertiary/aromatic N) is 2. The normalized spacial score (nSPS) is 16.2. The van der Waals surface area contributed by atoms with E-state index in [1.165, 1.54) is 10.7 Å². The van der Waals surface area contributed by atoms with E-state index in [1.54, 1.807) is 12.3 Å². The summed E-state index contributed by atoms with van der Waals surface area (Å²) in [5, 5.41) is 4.22. The first-order valence-electron chi connectivity index (χ1n) is 7.98. The maximum Gasteiger partial charge on any atom is 0.273 e. The predicted molar refractivity (Wildman–Crippen MR) is 94.2 cm³/mol. The number of nitrogen functional groups attached to an aromatic ring is 1. The number of rotatable bonds is 4. The Hall–Kier alpha value is -2.76. The van der Waals surface area contributed by atoms with Crippen molar-refractivity contribution in [1.82, 2.24) is 4.68 Å². The molecule has 0 amide bonds. The Morgan fingerprint density at radius 3 is 2.92 bits per heavy atom. The number of nitrogens with two attached hydrogens (primary N) is 1. The van der Waals surface area contributed by atoms with E-state index in [1.807, 2.05) is 32.9 Å². The lowest BCUT2D eigenvalue weighted by Gasteiger charge is -2.10. The summed E-state index contributed by atoms with van der Waals surface area (Å²) in [7, 11) is 0. The molecule has 0 saturated heterocycles. The van der Waals surface area contributed by atoms with E-state index in [9.17, 15) is 4.79 Å². The minimum atomic E-state index is -0.271. The number of hydrogen-bond acceptors (Lipinski definition) is 5. The second kappa shape index (κ2) is 6.39. The van der Waals surface area contributed by atoms with E-state index in [4.69, 9.17) is 15.2 Å². The number of anilines is 1. The maximum absolute atomic E-state index is 12.0. The van der Waals surface area contributed by atoms with Crippen LogP contribution in [0.2, 0.25) is 0 Å². The van der Waals surface area contributed by atoms with Gasteiger partial charge >= 0.3 is 0 Å². The van der Waals surface area contributed by atoms with Gasteiger partial charge in [-0.2, -0.15) is 9.78 Å². The molecule has 0 unspecified atom stereocenters. The maximum atomic E-state index is 12.0. The molecule has 1 aliphatic heterocycles. The largest absolute Gasteiger partial charge is 0.493 e. The minimum absolute atomic E-state index is 0.150. The molecule has 24 heavy (non-hydrogen) atoms. The van der Waals surface area contributed by atoms with Crippen LogP contribution in [0.5, 0.6) is 11.5 Å². The van der Waals surface area contributed by atoms with Gasteiger partial charge in [0.25, 0.3) is 5.56 Å². The van der Waals surface area contributed by atoms with Gasteiger partial charge in [-0.25, -0.2) is 0 Å². The number of hydrogen-bond donors (Lipinski definition) is 1. The molecule has 6 heteroatoms. The monoisotopic (exact) mass is 327 g/mol. The first-order chi connectivity index (χ1) is 11.5. The summed E-state index contributed by atoms with van der Waals surface area (Å²) in [5.41, 5.74) is 8.29. The number of benzene rings is 1. The fourth-order valence-electron chi connectivity index (χ4n) is 2.80. The molecule has 1 aromatic heterocycles. The Balaban J connectivity index is 2.01. The van der Waals surface area contributed by atoms with Gasteiger partial charge in [-0.1, -0.05) is 0 Å². The Kier molecular flexibility index (Phi) is 4.29. The Morgan fingerprint density at radius 1 is 1.42 bits per heavy atom. The van der Waals surface area contributed by atoms with Crippen LogP contribution >= 0.6 is 0 Å². The molecule has 0 saturated carbocycles. The van der Waals surface area contributed by atoms with E-state index < -0.39 is 0 Å². The molecule has 2 heterocycles. The van der Waals surface area contributed by atoms with Crippen molar-refractivity contribution in [3.8, 4) is 11.5 Å². The predicted octanol–water partition coefficient (Wildman–Crippen LogP) is 2.34. The Labute approximate surface area is 140 Å². The Morgan fingerprint density at radius 2 is 2.21 bits per heavy atom. The van der Waals surface area contributed by atoms with Crippen LogP contribution in [-0.4, -0.2) is 23.6 Å². The molecule has 126 valence electrons. The third-order valence-corrected chi connectivity index (χ3v) is 3.82. The van der Waals surface area contributed by atoms with Gasteiger partial charge < -0.3 is 15.2 Å². The summed E-state index contributed by atoms with van der Waals surface area (Å²) in [5.74, 6) is 1.84. The van der Waals surface area contributed by atoms with E-state index >= 15 is 0 Å². The van der Waals surface area contributed by atoms with Gasteiger partial charge in [-0.05, 0) is 44.5 Å². The van der Waals surface area contributed by atoms with Crippen LogP contribution in [-0.2, 0) is 6.42 Å². The van der Waals surface area contributed by atoms with Crippen molar-refractivity contribution >= 4 is 12.0 Å². The molecule has 1 aromatic carbocycles. The standard InChI is InChI=1S/C18H21N3O3/c1-4-23-15-8-13-7-12(3)24-16(13)9-14(15)10-20-21-17(19)5-11(2)6-18(21)22/h5-6,8-10,12H,4,7,19H2,1-3H3/b20-10-/t12-/m1/s1. The quantitative estimate of drug-likeness (QED) is 0.874. The lowest BCUT2D eigenvalue weighted by molar-refractivity contribution is 0.254. The first-order valence-corrected chi connectivity index (χ1v) is 7.98. The van der Waals surface area contributed by atoms with Crippen molar-refractivity contribution in [3.05, 3.63) is 51.3 Å². The summed E-state index contributed by atoms with van der Waals surface area (Å²) in [6, 6.07) is 7.06. The van der Waals surface area contributed by atoms with Crippen LogP contribution in [0.1, 0.15) is 30.5 Å². The summed E-state index contributed by atoms with van der Waals surface area (Å²) in [6.07, 6.45) is 2.58. The minimum Gasteiger partial charge on any atom is -0.493 e. The molecule has 0 fully saturated rings. The SMILES string of the molecule is CCOc1cc2c(cc1/C=N\n1c(N)cc(C)cc1=O)O[C@H](C)C2. The van der Waals surface area contributed by atoms with Crippen molar-refractivity contribution in [2.24, 2.45) is 5.10 Å². The van der Waals surface area contributed by atoms with Gasteiger partial charge in [0.1, 0.15) is 23.4 Å². The average molecular weight is 327 g/mol. The van der Waals surface area contributed by atoms with Gasteiger partial charge in [-0.15, -0.1) is 0 Å². The van der Waals surface area contributed by atoms with E-state index in [0.717, 1.165) is 34.6 Å². The number of fused-ring (bicyclic) bond motifs is 1. The third kappa shape index (κ3) is 3.13. The van der Waals surface area contributed by atoms with Gasteiger partial charge in [0.05, 0.1) is 12.8 Å². The van der Waals surface area contributed by atoms with Crippen molar-refractivity contribution in [3.63, 3.8) is 0 Å². The zero-order valence-electron chi connectivity index (χ0n) is 14.1. The number of ether oxygens (including phenoxy) is 2. The summed E-state index contributed by atoms with van der Waals surface area (Å²) < 4.78 is 12.7. The molecule has 0 bridgehead atoms. The molecule has 0 radical (unpaired) electrons. The number of aryl methyl sites for hydroxylation is 1. The van der Waals surface area contributed by atoms with Crippen LogP contribution in [0.25, 0.3) is 0 Å². The fraction of sp³-hybridized carbons (Fsp3) is 0.333. The average Bonchev–Trinajstić information content (AvgIpc) is 2.85. The first kappa shape index (κ1) is 16.1. The van der Waals surface area contributed by atoms with Crippen LogP contribution in [0, 0.1) is 6.92 Å². The second-order valence-electron chi connectivity index (χ2n) is 5.92. The molecule has 1 aliphatic rings. The molecular weight excluding hydrogens is 306 g/mol. The van der Waals surface area contributed by atoms with Crippen molar-refractivity contribution in [1.29, 1.82) is 0 Å². The molecule has 2 N–H and O–H groups in total. The summed E-state index contributed by atoms with van der Waals surface area (Å²) in [4.78, 5) is 12.0. The summed E-state index contributed by atoms with van der Waals surface area (Å²) in [6.45, 7) is 6.32. The zero-order valence-corrected chi connectivity index (χ0v) is 14.1. The van der Waals surface area contributed by atoms with Crippen LogP contribution < -0.4 is 20.8 Å². The fourth-order valence-corrected chi connectivity index (χ4v) is 2.80.